The van der Waals surface area contributed by atoms with Crippen molar-refractivity contribution in [1.82, 2.24) is 24.6 Å². The van der Waals surface area contributed by atoms with E-state index in [0.29, 0.717) is 29.9 Å². The van der Waals surface area contributed by atoms with Crippen molar-refractivity contribution in [3.05, 3.63) is 64.8 Å². The van der Waals surface area contributed by atoms with Gasteiger partial charge in [0.25, 0.3) is 0 Å². The molecule has 1 fully saturated rings. The third kappa shape index (κ3) is 3.81. The van der Waals surface area contributed by atoms with Crippen LogP contribution in [-0.4, -0.2) is 43.6 Å². The Balaban J connectivity index is 1.31. The van der Waals surface area contributed by atoms with E-state index in [9.17, 15) is 9.59 Å². The van der Waals surface area contributed by atoms with E-state index in [1.807, 2.05) is 36.1 Å². The van der Waals surface area contributed by atoms with Gasteiger partial charge in [-0.1, -0.05) is 17.3 Å². The van der Waals surface area contributed by atoms with E-state index >= 15 is 0 Å². The number of rotatable bonds is 5. The number of likely N-dealkylation sites (tertiary alicyclic amines) is 1. The van der Waals surface area contributed by atoms with Crippen LogP contribution in [0.15, 0.2) is 56.6 Å². The van der Waals surface area contributed by atoms with Crippen LogP contribution in [0.3, 0.4) is 0 Å². The fraction of sp³-hybridized carbons (Fsp3) is 0.348. The number of hydrogen-bond acceptors (Lipinski definition) is 7. The van der Waals surface area contributed by atoms with Crippen molar-refractivity contribution >= 4 is 17.0 Å². The Bertz CT molecular complexity index is 1320. The Morgan fingerprint density at radius 2 is 2.16 bits per heavy atom. The number of carbonyl (C=O) groups is 1. The first-order chi connectivity index (χ1) is 15.6. The van der Waals surface area contributed by atoms with Crippen LogP contribution in [0, 0.1) is 6.92 Å². The summed E-state index contributed by atoms with van der Waals surface area (Å²) < 4.78 is 12.2. The normalized spacial score (nSPS) is 16.5. The summed E-state index contributed by atoms with van der Waals surface area (Å²) in [7, 11) is 0. The number of hydrogen-bond donors (Lipinski definition) is 0. The fourth-order valence-electron chi connectivity index (χ4n) is 4.36. The average Bonchev–Trinajstić information content (AvgIpc) is 3.39. The Labute approximate surface area is 183 Å². The highest BCUT2D eigenvalue weighted by Gasteiger charge is 2.28. The molecule has 9 heteroatoms. The molecule has 1 aromatic carbocycles. The van der Waals surface area contributed by atoms with Crippen molar-refractivity contribution in [2.75, 3.05) is 13.1 Å². The number of nitrogens with zero attached hydrogens (tertiary/aromatic N) is 5. The van der Waals surface area contributed by atoms with Crippen molar-refractivity contribution in [2.45, 2.75) is 38.6 Å². The third-order valence-electron chi connectivity index (χ3n) is 5.92. The molecule has 3 aromatic heterocycles. The number of oxazole rings is 1. The van der Waals surface area contributed by atoms with E-state index in [-0.39, 0.29) is 24.8 Å². The van der Waals surface area contributed by atoms with Crippen molar-refractivity contribution < 1.29 is 13.7 Å². The van der Waals surface area contributed by atoms with E-state index in [4.69, 9.17) is 8.94 Å². The highest BCUT2D eigenvalue weighted by atomic mass is 16.5. The number of piperidine rings is 1. The molecule has 1 aliphatic heterocycles. The minimum atomic E-state index is -0.441. The molecule has 0 N–H and O–H groups in total. The molecule has 32 heavy (non-hydrogen) atoms. The molecule has 0 saturated carbocycles. The monoisotopic (exact) mass is 433 g/mol. The summed E-state index contributed by atoms with van der Waals surface area (Å²) in [5, 5.41) is 3.97. The van der Waals surface area contributed by atoms with Gasteiger partial charge in [-0.25, -0.2) is 14.8 Å². The standard InChI is InChI=1S/C23H23N5O4/c1-15-11-20(32-26-15)17-12-24-14-25-22(17)16-5-4-9-27(13-16)21(29)8-10-28-18-6-2-3-7-19(18)31-23(28)30/h2-3,6-7,11-12,14,16H,4-5,8-10,13H2,1H3/t16-/m1/s1. The fourth-order valence-corrected chi connectivity index (χ4v) is 4.36. The van der Waals surface area contributed by atoms with E-state index < -0.39 is 5.76 Å². The van der Waals surface area contributed by atoms with Crippen LogP contribution in [0.25, 0.3) is 22.4 Å². The first kappa shape index (κ1) is 20.2. The lowest BCUT2D eigenvalue weighted by atomic mass is 9.91. The molecule has 0 bridgehead atoms. The Hall–Kier alpha value is -3.75. The van der Waals surface area contributed by atoms with Crippen LogP contribution >= 0.6 is 0 Å². The summed E-state index contributed by atoms with van der Waals surface area (Å²) in [4.78, 5) is 35.7. The van der Waals surface area contributed by atoms with E-state index in [2.05, 4.69) is 15.1 Å². The predicted molar refractivity (Wildman–Crippen MR) is 116 cm³/mol. The topological polar surface area (TPSA) is 107 Å². The van der Waals surface area contributed by atoms with Gasteiger partial charge in [-0.05, 0) is 31.9 Å². The van der Waals surface area contributed by atoms with Gasteiger partial charge in [0.1, 0.15) is 6.33 Å². The summed E-state index contributed by atoms with van der Waals surface area (Å²) in [6.45, 7) is 3.41. The molecule has 1 saturated heterocycles. The molecule has 5 rings (SSSR count). The molecule has 4 aromatic rings. The number of para-hydroxylation sites is 2. The lowest BCUT2D eigenvalue weighted by molar-refractivity contribution is -0.132. The van der Waals surface area contributed by atoms with Gasteiger partial charge in [-0.3, -0.25) is 9.36 Å². The second-order valence-corrected chi connectivity index (χ2v) is 8.07. The summed E-state index contributed by atoms with van der Waals surface area (Å²) in [6.07, 6.45) is 5.30. The zero-order valence-corrected chi connectivity index (χ0v) is 17.7. The molecule has 1 aliphatic rings. The Morgan fingerprint density at radius 3 is 3.00 bits per heavy atom. The van der Waals surface area contributed by atoms with Gasteiger partial charge in [-0.15, -0.1) is 0 Å². The predicted octanol–water partition coefficient (Wildman–Crippen LogP) is 3.14. The van der Waals surface area contributed by atoms with Gasteiger partial charge in [-0.2, -0.15) is 0 Å². The second kappa shape index (κ2) is 8.41. The number of carbonyl (C=O) groups excluding carboxylic acids is 1. The molecule has 164 valence electrons. The van der Waals surface area contributed by atoms with Crippen LogP contribution in [0.1, 0.15) is 36.6 Å². The molecular weight excluding hydrogens is 410 g/mol. The molecule has 9 nitrogen and oxygen atoms in total. The van der Waals surface area contributed by atoms with Crippen LogP contribution in [0.2, 0.25) is 0 Å². The molecule has 0 aliphatic carbocycles. The zero-order valence-electron chi connectivity index (χ0n) is 17.7. The van der Waals surface area contributed by atoms with E-state index in [0.717, 1.165) is 29.8 Å². The van der Waals surface area contributed by atoms with Crippen molar-refractivity contribution in [3.8, 4) is 11.3 Å². The molecule has 1 atom stereocenters. The van der Waals surface area contributed by atoms with Crippen LogP contribution in [0.5, 0.6) is 0 Å². The smallest absolute Gasteiger partial charge is 0.408 e. The molecule has 0 spiro atoms. The van der Waals surface area contributed by atoms with Crippen LogP contribution in [0.4, 0.5) is 0 Å². The quantitative estimate of drug-likeness (QED) is 0.476. The largest absolute Gasteiger partial charge is 0.419 e. The lowest BCUT2D eigenvalue weighted by Gasteiger charge is -2.33. The SMILES string of the molecule is Cc1cc(-c2cncnc2[C@@H]2CCCN(C(=O)CCn3c(=O)oc4ccccc43)C2)on1. The summed E-state index contributed by atoms with van der Waals surface area (Å²) >= 11 is 0. The Kier molecular flexibility index (Phi) is 5.30. The number of amides is 1. The first-order valence-corrected chi connectivity index (χ1v) is 10.7. The molecule has 1 amide bonds. The highest BCUT2D eigenvalue weighted by Crippen LogP contribution is 2.33. The Morgan fingerprint density at radius 1 is 1.28 bits per heavy atom. The third-order valence-corrected chi connectivity index (χ3v) is 5.92. The van der Waals surface area contributed by atoms with E-state index in [1.165, 1.54) is 10.9 Å². The number of aromatic nitrogens is 4. The lowest BCUT2D eigenvalue weighted by Crippen LogP contribution is -2.40. The van der Waals surface area contributed by atoms with Gasteiger partial charge < -0.3 is 13.8 Å². The maximum absolute atomic E-state index is 13.0. The molecule has 4 heterocycles. The zero-order chi connectivity index (χ0) is 22.1. The highest BCUT2D eigenvalue weighted by molar-refractivity contribution is 5.77. The maximum Gasteiger partial charge on any atom is 0.419 e. The van der Waals surface area contributed by atoms with Crippen molar-refractivity contribution in [2.24, 2.45) is 0 Å². The minimum absolute atomic E-state index is 0.0120. The summed E-state index contributed by atoms with van der Waals surface area (Å²) in [5.74, 6) is 0.280. The minimum Gasteiger partial charge on any atom is -0.408 e. The maximum atomic E-state index is 13.0. The second-order valence-electron chi connectivity index (χ2n) is 8.07. The molecule has 0 radical (unpaired) electrons. The van der Waals surface area contributed by atoms with Crippen molar-refractivity contribution in [1.29, 1.82) is 0 Å². The van der Waals surface area contributed by atoms with Crippen LogP contribution < -0.4 is 5.76 Å². The van der Waals surface area contributed by atoms with Gasteiger partial charge >= 0.3 is 5.76 Å². The number of benzene rings is 1. The van der Waals surface area contributed by atoms with Gasteiger partial charge in [0.15, 0.2) is 11.3 Å². The molecule has 0 unspecified atom stereocenters. The summed E-state index contributed by atoms with van der Waals surface area (Å²) in [6, 6.07) is 9.10. The average molecular weight is 433 g/mol. The molecular formula is C23H23N5O4. The van der Waals surface area contributed by atoms with Crippen LogP contribution in [-0.2, 0) is 11.3 Å². The summed E-state index contributed by atoms with van der Waals surface area (Å²) in [5.41, 5.74) is 3.70. The van der Waals surface area contributed by atoms with E-state index in [1.54, 1.807) is 12.3 Å². The van der Waals surface area contributed by atoms with Gasteiger partial charge in [0.05, 0.1) is 22.5 Å². The van der Waals surface area contributed by atoms with Gasteiger partial charge in [0.2, 0.25) is 5.91 Å². The van der Waals surface area contributed by atoms with Gasteiger partial charge in [0, 0.05) is 44.2 Å². The first-order valence-electron chi connectivity index (χ1n) is 10.7. The number of aryl methyl sites for hydroxylation is 2. The number of fused-ring (bicyclic) bond motifs is 1. The van der Waals surface area contributed by atoms with Crippen molar-refractivity contribution in [3.63, 3.8) is 0 Å².